The van der Waals surface area contributed by atoms with E-state index in [4.69, 9.17) is 15.2 Å². The van der Waals surface area contributed by atoms with Crippen LogP contribution in [0, 0.1) is 0 Å². The van der Waals surface area contributed by atoms with Gasteiger partial charge in [-0.25, -0.2) is 12.7 Å². The monoisotopic (exact) mass is 316 g/mol. The average Bonchev–Trinajstić information content (AvgIpc) is 2.40. The third-order valence-corrected chi connectivity index (χ3v) is 4.66. The van der Waals surface area contributed by atoms with E-state index in [2.05, 4.69) is 0 Å². The molecule has 0 atom stereocenters. The third kappa shape index (κ3) is 6.33. The van der Waals surface area contributed by atoms with Crippen LogP contribution in [0.2, 0.25) is 0 Å². The van der Waals surface area contributed by atoms with Crippen molar-refractivity contribution in [2.75, 3.05) is 38.3 Å². The van der Waals surface area contributed by atoms with E-state index in [1.165, 1.54) is 11.4 Å². The molecule has 7 heteroatoms. The van der Waals surface area contributed by atoms with Crippen molar-refractivity contribution in [1.82, 2.24) is 4.31 Å². The largest absolute Gasteiger partial charge is 0.490 e. The number of anilines is 1. The first-order valence-electron chi connectivity index (χ1n) is 6.86. The maximum absolute atomic E-state index is 12.0. The van der Waals surface area contributed by atoms with Crippen molar-refractivity contribution < 1.29 is 17.9 Å². The van der Waals surface area contributed by atoms with E-state index < -0.39 is 10.0 Å². The first-order chi connectivity index (χ1) is 9.83. The van der Waals surface area contributed by atoms with E-state index >= 15 is 0 Å². The lowest BCUT2D eigenvalue weighted by molar-refractivity contribution is 0.0736. The van der Waals surface area contributed by atoms with Gasteiger partial charge in [0.15, 0.2) is 0 Å². The summed E-state index contributed by atoms with van der Waals surface area (Å²) in [5.41, 5.74) is 6.22. The summed E-state index contributed by atoms with van der Waals surface area (Å²) in [6, 6.07) is 7.00. The minimum Gasteiger partial charge on any atom is -0.490 e. The molecule has 0 aliphatic rings. The Kier molecular flexibility index (Phi) is 6.94. The van der Waals surface area contributed by atoms with E-state index in [1.54, 1.807) is 24.3 Å². The molecule has 0 aliphatic heterocycles. The van der Waals surface area contributed by atoms with Crippen LogP contribution in [0.4, 0.5) is 5.69 Å². The zero-order valence-corrected chi connectivity index (χ0v) is 13.6. The molecule has 120 valence electrons. The van der Waals surface area contributed by atoms with Gasteiger partial charge in [0.05, 0.1) is 24.2 Å². The molecule has 0 spiro atoms. The highest BCUT2D eigenvalue weighted by molar-refractivity contribution is 7.89. The Labute approximate surface area is 126 Å². The number of likely N-dealkylation sites (N-methyl/N-ethyl adjacent to an activating group) is 1. The summed E-state index contributed by atoms with van der Waals surface area (Å²) in [7, 11) is -1.82. The fourth-order valence-electron chi connectivity index (χ4n) is 1.58. The second kappa shape index (κ2) is 8.21. The van der Waals surface area contributed by atoms with Gasteiger partial charge in [-0.1, -0.05) is 12.1 Å². The van der Waals surface area contributed by atoms with Gasteiger partial charge < -0.3 is 15.2 Å². The molecule has 1 aromatic carbocycles. The zero-order chi connectivity index (χ0) is 15.9. The molecular weight excluding hydrogens is 292 g/mol. The molecule has 0 saturated carbocycles. The fraction of sp³-hybridized carbons (Fsp3) is 0.571. The van der Waals surface area contributed by atoms with Gasteiger partial charge in [-0.15, -0.1) is 0 Å². The van der Waals surface area contributed by atoms with Crippen LogP contribution in [-0.4, -0.2) is 51.4 Å². The molecule has 2 N–H and O–H groups in total. The van der Waals surface area contributed by atoms with Gasteiger partial charge in [-0.3, -0.25) is 0 Å². The van der Waals surface area contributed by atoms with Crippen molar-refractivity contribution in [2.24, 2.45) is 0 Å². The number of nitrogens with two attached hydrogens (primary N) is 1. The van der Waals surface area contributed by atoms with Crippen LogP contribution in [-0.2, 0) is 14.8 Å². The molecule has 0 radical (unpaired) electrons. The lowest BCUT2D eigenvalue weighted by atomic mass is 10.3. The Bertz CT molecular complexity index is 532. The van der Waals surface area contributed by atoms with Crippen molar-refractivity contribution in [1.29, 1.82) is 0 Å². The molecule has 0 bridgehead atoms. The number of hydrogen-bond donors (Lipinski definition) is 1. The summed E-state index contributed by atoms with van der Waals surface area (Å²) in [5, 5.41) is 0. The molecule has 0 saturated heterocycles. The second-order valence-corrected chi connectivity index (χ2v) is 7.14. The molecule has 0 amide bonds. The number of sulfonamides is 1. The SMILES string of the molecule is CC(C)OCCN(C)S(=O)(=O)CCOc1ccccc1N. The number of benzene rings is 1. The first kappa shape index (κ1) is 17.7. The van der Waals surface area contributed by atoms with Gasteiger partial charge in [0.25, 0.3) is 0 Å². The van der Waals surface area contributed by atoms with Crippen LogP contribution in [0.15, 0.2) is 24.3 Å². The lowest BCUT2D eigenvalue weighted by Gasteiger charge is -2.18. The van der Waals surface area contributed by atoms with E-state index in [0.717, 1.165) is 0 Å². The first-order valence-corrected chi connectivity index (χ1v) is 8.47. The number of nitrogens with zero attached hydrogens (tertiary/aromatic N) is 1. The van der Waals surface area contributed by atoms with Crippen LogP contribution < -0.4 is 10.5 Å². The zero-order valence-electron chi connectivity index (χ0n) is 12.8. The van der Waals surface area contributed by atoms with Crippen molar-refractivity contribution in [3.05, 3.63) is 24.3 Å². The topological polar surface area (TPSA) is 81.9 Å². The Balaban J connectivity index is 2.40. The van der Waals surface area contributed by atoms with Crippen molar-refractivity contribution in [2.45, 2.75) is 20.0 Å². The molecular formula is C14H24N2O4S. The number of ether oxygens (including phenoxy) is 2. The summed E-state index contributed by atoms with van der Waals surface area (Å²) in [6.07, 6.45) is 0.0884. The third-order valence-electron chi connectivity index (χ3n) is 2.85. The minimum atomic E-state index is -3.35. The molecule has 21 heavy (non-hydrogen) atoms. The van der Waals surface area contributed by atoms with Gasteiger partial charge in [0.1, 0.15) is 12.4 Å². The van der Waals surface area contributed by atoms with E-state index in [0.29, 0.717) is 24.6 Å². The highest BCUT2D eigenvalue weighted by Crippen LogP contribution is 2.19. The summed E-state index contributed by atoms with van der Waals surface area (Å²) < 4.78 is 36.1. The highest BCUT2D eigenvalue weighted by atomic mass is 32.2. The van der Waals surface area contributed by atoms with Gasteiger partial charge in [-0.2, -0.15) is 0 Å². The van der Waals surface area contributed by atoms with Crippen molar-refractivity contribution >= 4 is 15.7 Å². The summed E-state index contributed by atoms with van der Waals surface area (Å²) in [6.45, 7) is 4.58. The van der Waals surface area contributed by atoms with Crippen LogP contribution >= 0.6 is 0 Å². The Hall–Kier alpha value is -1.31. The Morgan fingerprint density at radius 3 is 2.52 bits per heavy atom. The van der Waals surface area contributed by atoms with Crippen LogP contribution in [0.25, 0.3) is 0 Å². The summed E-state index contributed by atoms with van der Waals surface area (Å²) in [5.74, 6) is 0.401. The highest BCUT2D eigenvalue weighted by Gasteiger charge is 2.18. The Morgan fingerprint density at radius 1 is 1.24 bits per heavy atom. The van der Waals surface area contributed by atoms with Gasteiger partial charge in [0, 0.05) is 13.6 Å². The van der Waals surface area contributed by atoms with Crippen molar-refractivity contribution in [3.8, 4) is 5.75 Å². The quantitative estimate of drug-likeness (QED) is 0.695. The van der Waals surface area contributed by atoms with Crippen LogP contribution in [0.3, 0.4) is 0 Å². The molecule has 0 aromatic heterocycles. The second-order valence-electron chi connectivity index (χ2n) is 4.94. The van der Waals surface area contributed by atoms with Crippen molar-refractivity contribution in [3.63, 3.8) is 0 Å². The van der Waals surface area contributed by atoms with Gasteiger partial charge in [0.2, 0.25) is 10.0 Å². The molecule has 0 heterocycles. The molecule has 0 aliphatic carbocycles. The lowest BCUT2D eigenvalue weighted by Crippen LogP contribution is -2.34. The number of para-hydroxylation sites is 2. The summed E-state index contributed by atoms with van der Waals surface area (Å²) >= 11 is 0. The van der Waals surface area contributed by atoms with Gasteiger partial charge >= 0.3 is 0 Å². The minimum absolute atomic E-state index is 0.0614. The maximum Gasteiger partial charge on any atom is 0.217 e. The van der Waals surface area contributed by atoms with E-state index in [9.17, 15) is 8.42 Å². The molecule has 1 aromatic rings. The van der Waals surface area contributed by atoms with Crippen LogP contribution in [0.5, 0.6) is 5.75 Å². The predicted octanol–water partition coefficient (Wildman–Crippen LogP) is 1.33. The molecule has 0 unspecified atom stereocenters. The van der Waals surface area contributed by atoms with Crippen LogP contribution in [0.1, 0.15) is 13.8 Å². The predicted molar refractivity (Wildman–Crippen MR) is 83.9 cm³/mol. The van der Waals surface area contributed by atoms with E-state index in [1.807, 2.05) is 13.8 Å². The number of nitrogen functional groups attached to an aromatic ring is 1. The maximum atomic E-state index is 12.0. The normalized spacial score (nSPS) is 12.0. The Morgan fingerprint density at radius 2 is 1.90 bits per heavy atom. The number of rotatable bonds is 9. The average molecular weight is 316 g/mol. The summed E-state index contributed by atoms with van der Waals surface area (Å²) in [4.78, 5) is 0. The molecule has 0 fully saturated rings. The smallest absolute Gasteiger partial charge is 0.217 e. The molecule has 1 rings (SSSR count). The molecule has 6 nitrogen and oxygen atoms in total. The van der Waals surface area contributed by atoms with E-state index in [-0.39, 0.29) is 18.5 Å². The standard InChI is InChI=1S/C14H24N2O4S/c1-12(2)19-9-8-16(3)21(17,18)11-10-20-14-7-5-4-6-13(14)15/h4-7,12H,8-11,15H2,1-3H3. The van der Waals surface area contributed by atoms with Gasteiger partial charge in [-0.05, 0) is 26.0 Å². The number of hydrogen-bond acceptors (Lipinski definition) is 5. The fourth-order valence-corrected chi connectivity index (χ4v) is 2.54.